The van der Waals surface area contributed by atoms with Crippen molar-refractivity contribution in [2.75, 3.05) is 6.54 Å². The van der Waals surface area contributed by atoms with Crippen molar-refractivity contribution >= 4 is 0 Å². The van der Waals surface area contributed by atoms with Crippen LogP contribution in [0.5, 0.6) is 0 Å². The van der Waals surface area contributed by atoms with Gasteiger partial charge in [-0.15, -0.1) is 0 Å². The lowest BCUT2D eigenvalue weighted by atomic mass is 9.80. The minimum Gasteiger partial charge on any atom is -0.313 e. The Morgan fingerprint density at radius 3 is 2.88 bits per heavy atom. The molecule has 1 heterocycles. The van der Waals surface area contributed by atoms with Gasteiger partial charge in [-0.2, -0.15) is 5.10 Å². The van der Waals surface area contributed by atoms with Gasteiger partial charge in [0.05, 0.1) is 0 Å². The number of nitrogens with one attached hydrogen (secondary N) is 1. The van der Waals surface area contributed by atoms with Crippen LogP contribution in [-0.4, -0.2) is 22.4 Å². The molecule has 1 aromatic heterocycles. The normalized spacial score (nSPS) is 29.5. The molecule has 1 aliphatic rings. The van der Waals surface area contributed by atoms with Gasteiger partial charge in [0.1, 0.15) is 0 Å². The van der Waals surface area contributed by atoms with E-state index in [1.165, 1.54) is 25.0 Å². The Kier molecular flexibility index (Phi) is 4.21. The molecule has 96 valence electrons. The quantitative estimate of drug-likeness (QED) is 0.868. The van der Waals surface area contributed by atoms with E-state index in [2.05, 4.69) is 30.3 Å². The van der Waals surface area contributed by atoms with E-state index in [0.717, 1.165) is 30.8 Å². The van der Waals surface area contributed by atoms with Crippen molar-refractivity contribution in [3.8, 4) is 0 Å². The van der Waals surface area contributed by atoms with Gasteiger partial charge in [-0.3, -0.25) is 4.68 Å². The maximum atomic E-state index is 4.20. The van der Waals surface area contributed by atoms with Crippen molar-refractivity contribution in [1.29, 1.82) is 0 Å². The molecule has 0 spiro atoms. The van der Waals surface area contributed by atoms with Crippen molar-refractivity contribution in [3.63, 3.8) is 0 Å². The molecule has 0 radical (unpaired) electrons. The summed E-state index contributed by atoms with van der Waals surface area (Å²) < 4.78 is 1.97. The Bertz CT molecular complexity index is 345. The second kappa shape index (κ2) is 5.67. The molecule has 0 aromatic carbocycles. The summed E-state index contributed by atoms with van der Waals surface area (Å²) >= 11 is 0. The highest BCUT2D eigenvalue weighted by molar-refractivity contribution is 5.00. The summed E-state index contributed by atoms with van der Waals surface area (Å²) in [6.45, 7) is 5.84. The number of aryl methyl sites for hydroxylation is 1. The lowest BCUT2D eigenvalue weighted by Crippen LogP contribution is -2.40. The second-order valence-electron chi connectivity index (χ2n) is 5.65. The first-order chi connectivity index (χ1) is 8.16. The summed E-state index contributed by atoms with van der Waals surface area (Å²) in [5, 5.41) is 7.91. The molecule has 1 fully saturated rings. The third kappa shape index (κ3) is 3.32. The Hall–Kier alpha value is -0.830. The Labute approximate surface area is 105 Å². The molecule has 0 bridgehead atoms. The van der Waals surface area contributed by atoms with Crippen molar-refractivity contribution in [3.05, 3.63) is 18.0 Å². The van der Waals surface area contributed by atoms with Gasteiger partial charge in [0.2, 0.25) is 0 Å². The second-order valence-corrected chi connectivity index (χ2v) is 5.65. The van der Waals surface area contributed by atoms with Crippen LogP contribution < -0.4 is 5.32 Å². The van der Waals surface area contributed by atoms with Crippen LogP contribution in [-0.2, 0) is 13.5 Å². The maximum absolute atomic E-state index is 4.20. The van der Waals surface area contributed by atoms with Gasteiger partial charge in [0, 0.05) is 37.9 Å². The van der Waals surface area contributed by atoms with Crippen LogP contribution in [0.1, 0.15) is 38.8 Å². The molecular formula is C14H25N3. The molecule has 3 heteroatoms. The van der Waals surface area contributed by atoms with Crippen LogP contribution in [0.25, 0.3) is 0 Å². The predicted molar refractivity (Wildman–Crippen MR) is 70.9 cm³/mol. The lowest BCUT2D eigenvalue weighted by Gasteiger charge is -2.33. The fraction of sp³-hybridized carbons (Fsp3) is 0.786. The van der Waals surface area contributed by atoms with Crippen molar-refractivity contribution in [2.24, 2.45) is 18.9 Å². The van der Waals surface area contributed by atoms with Crippen LogP contribution in [0.15, 0.2) is 12.3 Å². The largest absolute Gasteiger partial charge is 0.313 e. The summed E-state index contributed by atoms with van der Waals surface area (Å²) in [6, 6.07) is 2.83. The predicted octanol–water partition coefficient (Wildman–Crippen LogP) is 2.38. The van der Waals surface area contributed by atoms with Gasteiger partial charge >= 0.3 is 0 Å². The van der Waals surface area contributed by atoms with Gasteiger partial charge in [0.15, 0.2) is 0 Å². The molecule has 1 aromatic rings. The van der Waals surface area contributed by atoms with E-state index in [1.807, 2.05) is 17.9 Å². The molecule has 1 aliphatic carbocycles. The maximum Gasteiger partial charge on any atom is 0.0492 e. The minimum atomic E-state index is 0.722. The summed E-state index contributed by atoms with van der Waals surface area (Å²) in [5.41, 5.74) is 1.31. The van der Waals surface area contributed by atoms with Crippen LogP contribution in [0, 0.1) is 11.8 Å². The Morgan fingerprint density at radius 1 is 1.41 bits per heavy atom. The fourth-order valence-electron chi connectivity index (χ4n) is 3.00. The van der Waals surface area contributed by atoms with Crippen molar-refractivity contribution in [1.82, 2.24) is 15.1 Å². The van der Waals surface area contributed by atoms with E-state index in [0.29, 0.717) is 0 Å². The van der Waals surface area contributed by atoms with Crippen LogP contribution in [0.3, 0.4) is 0 Å². The van der Waals surface area contributed by atoms with Gasteiger partial charge in [-0.05, 0) is 37.2 Å². The van der Waals surface area contributed by atoms with Gasteiger partial charge in [-0.25, -0.2) is 0 Å². The average Bonchev–Trinajstić information content (AvgIpc) is 2.68. The van der Waals surface area contributed by atoms with Gasteiger partial charge in [-0.1, -0.05) is 13.8 Å². The van der Waals surface area contributed by atoms with Crippen LogP contribution in [0.4, 0.5) is 0 Å². The fourth-order valence-corrected chi connectivity index (χ4v) is 3.00. The molecule has 1 saturated carbocycles. The van der Waals surface area contributed by atoms with E-state index in [4.69, 9.17) is 0 Å². The third-order valence-electron chi connectivity index (χ3n) is 4.14. The first kappa shape index (κ1) is 12.6. The van der Waals surface area contributed by atoms with E-state index >= 15 is 0 Å². The van der Waals surface area contributed by atoms with Crippen molar-refractivity contribution < 1.29 is 0 Å². The van der Waals surface area contributed by atoms with E-state index < -0.39 is 0 Å². The number of hydrogen-bond acceptors (Lipinski definition) is 2. The van der Waals surface area contributed by atoms with E-state index in [1.54, 1.807) is 0 Å². The van der Waals surface area contributed by atoms with Crippen LogP contribution >= 0.6 is 0 Å². The number of hydrogen-bond donors (Lipinski definition) is 1. The third-order valence-corrected chi connectivity index (χ3v) is 4.14. The molecule has 3 unspecified atom stereocenters. The first-order valence-corrected chi connectivity index (χ1v) is 6.87. The molecule has 0 amide bonds. The zero-order chi connectivity index (χ0) is 12.3. The molecule has 3 atom stereocenters. The smallest absolute Gasteiger partial charge is 0.0492 e. The SMILES string of the molecule is CC1CCC(NCCc2ccnn2C)C(C)C1. The Balaban J connectivity index is 1.73. The molecule has 0 saturated heterocycles. The van der Waals surface area contributed by atoms with Gasteiger partial charge in [0.25, 0.3) is 0 Å². The molecule has 3 nitrogen and oxygen atoms in total. The summed E-state index contributed by atoms with van der Waals surface area (Å²) in [5.74, 6) is 1.74. The van der Waals surface area contributed by atoms with E-state index in [-0.39, 0.29) is 0 Å². The molecule has 2 rings (SSSR count). The zero-order valence-corrected chi connectivity index (χ0v) is 11.3. The average molecular weight is 235 g/mol. The highest BCUT2D eigenvalue weighted by Crippen LogP contribution is 2.28. The molecule has 1 N–H and O–H groups in total. The standard InChI is InChI=1S/C14H25N3/c1-11-4-5-14(12(2)10-11)15-8-6-13-7-9-16-17(13)3/h7,9,11-12,14-15H,4-6,8,10H2,1-3H3. The summed E-state index contributed by atoms with van der Waals surface area (Å²) in [7, 11) is 2.01. The van der Waals surface area contributed by atoms with Crippen molar-refractivity contribution in [2.45, 2.75) is 45.6 Å². The number of nitrogens with zero attached hydrogens (tertiary/aromatic N) is 2. The molecular weight excluding hydrogens is 210 g/mol. The Morgan fingerprint density at radius 2 is 2.24 bits per heavy atom. The van der Waals surface area contributed by atoms with Crippen LogP contribution in [0.2, 0.25) is 0 Å². The first-order valence-electron chi connectivity index (χ1n) is 6.87. The van der Waals surface area contributed by atoms with Gasteiger partial charge < -0.3 is 5.32 Å². The minimum absolute atomic E-state index is 0.722. The molecule has 0 aliphatic heterocycles. The topological polar surface area (TPSA) is 29.9 Å². The highest BCUT2D eigenvalue weighted by Gasteiger charge is 2.24. The zero-order valence-electron chi connectivity index (χ0n) is 11.3. The summed E-state index contributed by atoms with van der Waals surface area (Å²) in [4.78, 5) is 0. The number of aromatic nitrogens is 2. The lowest BCUT2D eigenvalue weighted by molar-refractivity contribution is 0.229. The molecule has 17 heavy (non-hydrogen) atoms. The summed E-state index contributed by atoms with van der Waals surface area (Å²) in [6.07, 6.45) is 7.06. The van der Waals surface area contributed by atoms with E-state index in [9.17, 15) is 0 Å². The highest BCUT2D eigenvalue weighted by atomic mass is 15.3. The monoisotopic (exact) mass is 235 g/mol. The number of rotatable bonds is 4.